The van der Waals surface area contributed by atoms with Crippen molar-refractivity contribution in [3.63, 3.8) is 0 Å². The minimum absolute atomic E-state index is 0.140. The van der Waals surface area contributed by atoms with E-state index in [1.165, 1.54) is 13.2 Å². The third kappa shape index (κ3) is 4.20. The molecular weight excluding hydrogens is 471 g/mol. The molecule has 21 heavy (non-hydrogen) atoms. The monoisotopic (exact) mass is 480 g/mol. The van der Waals surface area contributed by atoms with Crippen LogP contribution in [0.25, 0.3) is 0 Å². The van der Waals surface area contributed by atoms with Crippen LogP contribution in [0.1, 0.15) is 11.1 Å². The van der Waals surface area contributed by atoms with Crippen molar-refractivity contribution in [3.05, 3.63) is 56.2 Å². The summed E-state index contributed by atoms with van der Waals surface area (Å²) in [5, 5.41) is 0.748. The number of rotatable bonds is 5. The van der Waals surface area contributed by atoms with Crippen LogP contribution in [0, 0.1) is 5.82 Å². The molecule has 2 aromatic rings. The molecule has 2 nitrogen and oxygen atoms in total. The smallest absolute Gasteiger partial charge is 0.148 e. The average molecular weight is 483 g/mol. The van der Waals surface area contributed by atoms with Crippen LogP contribution in [-0.2, 0) is 11.9 Å². The summed E-state index contributed by atoms with van der Waals surface area (Å²) in [4.78, 5) is 0. The van der Waals surface area contributed by atoms with Crippen molar-refractivity contribution in [3.8, 4) is 11.5 Å². The lowest BCUT2D eigenvalue weighted by Crippen LogP contribution is -2.00. The van der Waals surface area contributed by atoms with Crippen molar-refractivity contribution < 1.29 is 13.9 Å². The number of alkyl halides is 1. The maximum atomic E-state index is 13.9. The van der Waals surface area contributed by atoms with E-state index in [0.29, 0.717) is 17.1 Å². The Kier molecular flexibility index (Phi) is 6.08. The number of hydrogen-bond donors (Lipinski definition) is 0. The average Bonchev–Trinajstić information content (AvgIpc) is 2.47. The standard InChI is InChI=1S/C15H12Br3FO2/c1-20-11-3-2-10(14(19)6-11)8-21-15-12(17)4-9(7-16)5-13(15)18/h2-6H,7-8H2,1H3. The van der Waals surface area contributed by atoms with Gasteiger partial charge in [0.15, 0.2) is 0 Å². The number of benzene rings is 2. The lowest BCUT2D eigenvalue weighted by molar-refractivity contribution is 0.295. The summed E-state index contributed by atoms with van der Waals surface area (Å²) < 4.78 is 26.2. The van der Waals surface area contributed by atoms with E-state index >= 15 is 0 Å². The highest BCUT2D eigenvalue weighted by molar-refractivity contribution is 9.11. The van der Waals surface area contributed by atoms with Crippen molar-refractivity contribution in [1.82, 2.24) is 0 Å². The van der Waals surface area contributed by atoms with Gasteiger partial charge in [-0.25, -0.2) is 4.39 Å². The number of ether oxygens (including phenoxy) is 2. The van der Waals surface area contributed by atoms with Crippen molar-refractivity contribution in [2.75, 3.05) is 7.11 Å². The van der Waals surface area contributed by atoms with Crippen molar-refractivity contribution in [2.45, 2.75) is 11.9 Å². The molecule has 0 radical (unpaired) electrons. The summed E-state index contributed by atoms with van der Waals surface area (Å²) in [6, 6.07) is 8.62. The van der Waals surface area contributed by atoms with E-state index in [1.54, 1.807) is 12.1 Å². The van der Waals surface area contributed by atoms with E-state index < -0.39 is 0 Å². The molecular formula is C15H12Br3FO2. The molecule has 2 rings (SSSR count). The molecule has 0 bridgehead atoms. The Morgan fingerprint density at radius 1 is 1.10 bits per heavy atom. The van der Waals surface area contributed by atoms with Gasteiger partial charge in [-0.3, -0.25) is 0 Å². The first kappa shape index (κ1) is 16.8. The van der Waals surface area contributed by atoms with E-state index in [0.717, 1.165) is 19.8 Å². The van der Waals surface area contributed by atoms with Crippen molar-refractivity contribution >= 4 is 47.8 Å². The minimum Gasteiger partial charge on any atom is -0.497 e. The maximum absolute atomic E-state index is 13.9. The molecule has 0 unspecified atom stereocenters. The second-order valence-corrected chi connectivity index (χ2v) is 6.54. The lowest BCUT2D eigenvalue weighted by atomic mass is 10.2. The molecule has 0 spiro atoms. The van der Waals surface area contributed by atoms with Crippen LogP contribution in [0.3, 0.4) is 0 Å². The quantitative estimate of drug-likeness (QED) is 0.499. The highest BCUT2D eigenvalue weighted by Gasteiger charge is 2.11. The van der Waals surface area contributed by atoms with E-state index in [4.69, 9.17) is 9.47 Å². The molecule has 0 heterocycles. The van der Waals surface area contributed by atoms with Gasteiger partial charge in [-0.1, -0.05) is 15.9 Å². The fourth-order valence-electron chi connectivity index (χ4n) is 1.75. The van der Waals surface area contributed by atoms with Crippen LogP contribution < -0.4 is 9.47 Å². The molecule has 112 valence electrons. The van der Waals surface area contributed by atoms with Gasteiger partial charge >= 0.3 is 0 Å². The third-order valence-corrected chi connectivity index (χ3v) is 4.67. The molecule has 0 atom stereocenters. The first-order valence-electron chi connectivity index (χ1n) is 6.04. The van der Waals surface area contributed by atoms with Gasteiger partial charge in [0.2, 0.25) is 0 Å². The molecule has 0 aliphatic carbocycles. The van der Waals surface area contributed by atoms with Crippen LogP contribution in [0.2, 0.25) is 0 Å². The van der Waals surface area contributed by atoms with Gasteiger partial charge in [0, 0.05) is 17.0 Å². The highest BCUT2D eigenvalue weighted by Crippen LogP contribution is 2.36. The molecule has 0 N–H and O–H groups in total. The Morgan fingerprint density at radius 3 is 2.29 bits per heavy atom. The Hall–Kier alpha value is -0.590. The third-order valence-electron chi connectivity index (χ3n) is 2.84. The van der Waals surface area contributed by atoms with Crippen LogP contribution in [0.4, 0.5) is 4.39 Å². The largest absolute Gasteiger partial charge is 0.497 e. The predicted molar refractivity (Wildman–Crippen MR) is 91.8 cm³/mol. The van der Waals surface area contributed by atoms with Gasteiger partial charge in [-0.15, -0.1) is 0 Å². The number of methoxy groups -OCH3 is 1. The number of hydrogen-bond acceptors (Lipinski definition) is 2. The van der Waals surface area contributed by atoms with Crippen molar-refractivity contribution in [1.29, 1.82) is 0 Å². The Morgan fingerprint density at radius 2 is 1.76 bits per heavy atom. The topological polar surface area (TPSA) is 18.5 Å². The normalized spacial score (nSPS) is 10.5. The van der Waals surface area contributed by atoms with Gasteiger partial charge in [0.1, 0.15) is 23.9 Å². The fraction of sp³-hybridized carbons (Fsp3) is 0.200. The zero-order valence-electron chi connectivity index (χ0n) is 11.1. The van der Waals surface area contributed by atoms with Crippen LogP contribution >= 0.6 is 47.8 Å². The van der Waals surface area contributed by atoms with E-state index in [9.17, 15) is 4.39 Å². The SMILES string of the molecule is COc1ccc(COc2c(Br)cc(CBr)cc2Br)c(F)c1. The van der Waals surface area contributed by atoms with Gasteiger partial charge in [0.05, 0.1) is 16.1 Å². The van der Waals surface area contributed by atoms with Gasteiger partial charge in [0.25, 0.3) is 0 Å². The van der Waals surface area contributed by atoms with Gasteiger partial charge in [-0.05, 0) is 61.7 Å². The molecule has 0 fully saturated rings. The first-order valence-corrected chi connectivity index (χ1v) is 8.75. The Balaban J connectivity index is 2.17. The van der Waals surface area contributed by atoms with E-state index in [-0.39, 0.29) is 12.4 Å². The second kappa shape index (κ2) is 7.61. The van der Waals surface area contributed by atoms with Crippen LogP contribution in [0.5, 0.6) is 11.5 Å². The summed E-state index contributed by atoms with van der Waals surface area (Å²) in [5.41, 5.74) is 1.58. The number of halogens is 4. The molecule has 0 saturated carbocycles. The molecule has 0 aromatic heterocycles. The molecule has 6 heteroatoms. The molecule has 0 saturated heterocycles. The maximum Gasteiger partial charge on any atom is 0.148 e. The molecule has 0 amide bonds. The molecule has 2 aromatic carbocycles. The van der Waals surface area contributed by atoms with Crippen molar-refractivity contribution in [2.24, 2.45) is 0 Å². The summed E-state index contributed by atoms with van der Waals surface area (Å²) >= 11 is 10.3. The Labute approximate surface area is 148 Å². The zero-order chi connectivity index (χ0) is 15.4. The molecule has 0 aliphatic heterocycles. The Bertz CT molecular complexity index is 624. The van der Waals surface area contributed by atoms with Gasteiger partial charge in [-0.2, -0.15) is 0 Å². The summed E-state index contributed by atoms with van der Waals surface area (Å²) in [6.07, 6.45) is 0. The highest BCUT2D eigenvalue weighted by atomic mass is 79.9. The van der Waals surface area contributed by atoms with Crippen LogP contribution in [-0.4, -0.2) is 7.11 Å². The molecule has 0 aliphatic rings. The summed E-state index contributed by atoms with van der Waals surface area (Å²) in [5.74, 6) is 0.786. The zero-order valence-corrected chi connectivity index (χ0v) is 15.9. The second-order valence-electron chi connectivity index (χ2n) is 4.27. The van der Waals surface area contributed by atoms with Gasteiger partial charge < -0.3 is 9.47 Å². The predicted octanol–water partition coefficient (Wildman–Crippen LogP) is 5.83. The minimum atomic E-state index is -0.348. The van der Waals surface area contributed by atoms with E-state index in [1.807, 2.05) is 12.1 Å². The fourth-order valence-corrected chi connectivity index (χ4v) is 3.58. The lowest BCUT2D eigenvalue weighted by Gasteiger charge is -2.12. The first-order chi connectivity index (χ1) is 10.0. The summed E-state index contributed by atoms with van der Waals surface area (Å²) in [7, 11) is 1.50. The summed E-state index contributed by atoms with van der Waals surface area (Å²) in [6.45, 7) is 0.140. The van der Waals surface area contributed by atoms with E-state index in [2.05, 4.69) is 47.8 Å². The van der Waals surface area contributed by atoms with Crippen LogP contribution in [0.15, 0.2) is 39.3 Å².